The molecular formula is C19H25FN4O. The lowest BCUT2D eigenvalue weighted by atomic mass is 10.1. The van der Waals surface area contributed by atoms with E-state index in [-0.39, 0.29) is 11.9 Å². The van der Waals surface area contributed by atoms with E-state index >= 15 is 0 Å². The van der Waals surface area contributed by atoms with Crippen LogP contribution in [0.1, 0.15) is 22.1 Å². The van der Waals surface area contributed by atoms with Gasteiger partial charge in [-0.25, -0.2) is 4.39 Å². The van der Waals surface area contributed by atoms with Crippen LogP contribution in [-0.4, -0.2) is 60.0 Å². The molecule has 2 heterocycles. The highest BCUT2D eigenvalue weighted by atomic mass is 19.1. The third-order valence-corrected chi connectivity index (χ3v) is 4.85. The molecule has 1 aromatic heterocycles. The third kappa shape index (κ3) is 4.27. The van der Waals surface area contributed by atoms with Crippen molar-refractivity contribution in [3.63, 3.8) is 0 Å². The van der Waals surface area contributed by atoms with Crippen molar-refractivity contribution in [3.05, 3.63) is 59.7 Å². The van der Waals surface area contributed by atoms with Gasteiger partial charge in [0, 0.05) is 57.2 Å². The van der Waals surface area contributed by atoms with E-state index in [9.17, 15) is 9.18 Å². The van der Waals surface area contributed by atoms with Gasteiger partial charge < -0.3 is 14.8 Å². The zero-order valence-electron chi connectivity index (χ0n) is 14.8. The fraction of sp³-hybridized carbons (Fsp3) is 0.421. The van der Waals surface area contributed by atoms with Gasteiger partial charge in [-0.15, -0.1) is 0 Å². The van der Waals surface area contributed by atoms with Crippen LogP contribution in [0, 0.1) is 5.82 Å². The molecular weight excluding hydrogens is 319 g/mol. The average Bonchev–Trinajstić information content (AvgIpc) is 3.02. The number of nitrogens with zero attached hydrogens (tertiary/aromatic N) is 3. The molecule has 1 unspecified atom stereocenters. The Bertz CT molecular complexity index is 722. The maximum Gasteiger partial charge on any atom is 0.251 e. The quantitative estimate of drug-likeness (QED) is 0.900. The van der Waals surface area contributed by atoms with Crippen LogP contribution in [0.3, 0.4) is 0 Å². The molecule has 0 spiro atoms. The van der Waals surface area contributed by atoms with Crippen LogP contribution in [0.2, 0.25) is 0 Å². The molecule has 1 aliphatic rings. The second-order valence-corrected chi connectivity index (χ2v) is 6.62. The molecule has 1 saturated heterocycles. The maximum absolute atomic E-state index is 13.3. The predicted octanol–water partition coefficient (Wildman–Crippen LogP) is 1.88. The molecule has 134 valence electrons. The SMILES string of the molecule is CN1CCN(C(CNC(=O)c2cccc(F)c2)c2cccn2C)CC1. The summed E-state index contributed by atoms with van der Waals surface area (Å²) < 4.78 is 15.4. The minimum atomic E-state index is -0.397. The van der Waals surface area contributed by atoms with Gasteiger partial charge in [0.25, 0.3) is 5.91 Å². The predicted molar refractivity (Wildman–Crippen MR) is 96.0 cm³/mol. The van der Waals surface area contributed by atoms with Crippen molar-refractivity contribution >= 4 is 5.91 Å². The highest BCUT2D eigenvalue weighted by molar-refractivity contribution is 5.94. The Hall–Kier alpha value is -2.18. The third-order valence-electron chi connectivity index (χ3n) is 4.85. The largest absolute Gasteiger partial charge is 0.353 e. The number of aromatic nitrogens is 1. The van der Waals surface area contributed by atoms with Crippen LogP contribution >= 0.6 is 0 Å². The highest BCUT2D eigenvalue weighted by Crippen LogP contribution is 2.22. The minimum Gasteiger partial charge on any atom is -0.353 e. The summed E-state index contributed by atoms with van der Waals surface area (Å²) in [6.45, 7) is 4.44. The number of carbonyl (C=O) groups is 1. The summed E-state index contributed by atoms with van der Waals surface area (Å²) in [6, 6.07) is 10.0. The van der Waals surface area contributed by atoms with Gasteiger partial charge in [-0.05, 0) is 37.4 Å². The Morgan fingerprint density at radius 2 is 1.92 bits per heavy atom. The van der Waals surface area contributed by atoms with Crippen molar-refractivity contribution in [1.29, 1.82) is 0 Å². The summed E-state index contributed by atoms with van der Waals surface area (Å²) in [5.41, 5.74) is 1.52. The Kier molecular flexibility index (Phi) is 5.50. The van der Waals surface area contributed by atoms with E-state index in [2.05, 4.69) is 32.8 Å². The Morgan fingerprint density at radius 3 is 2.56 bits per heavy atom. The normalized spacial score (nSPS) is 17.4. The second-order valence-electron chi connectivity index (χ2n) is 6.62. The second kappa shape index (κ2) is 7.80. The monoisotopic (exact) mass is 344 g/mol. The van der Waals surface area contributed by atoms with Gasteiger partial charge in [0.1, 0.15) is 5.82 Å². The first-order valence-electron chi connectivity index (χ1n) is 8.62. The van der Waals surface area contributed by atoms with E-state index in [1.807, 2.05) is 19.3 Å². The van der Waals surface area contributed by atoms with E-state index in [4.69, 9.17) is 0 Å². The molecule has 3 rings (SSSR count). The van der Waals surface area contributed by atoms with E-state index in [0.717, 1.165) is 26.2 Å². The van der Waals surface area contributed by atoms with Gasteiger partial charge in [0.05, 0.1) is 6.04 Å². The first-order chi connectivity index (χ1) is 12.0. The Labute approximate surface area is 148 Å². The number of amides is 1. The number of hydrogen-bond acceptors (Lipinski definition) is 3. The summed E-state index contributed by atoms with van der Waals surface area (Å²) in [6.07, 6.45) is 2.02. The molecule has 25 heavy (non-hydrogen) atoms. The number of benzene rings is 1. The number of halogens is 1. The molecule has 2 aromatic rings. The summed E-state index contributed by atoms with van der Waals surface area (Å²) in [5, 5.41) is 2.98. The van der Waals surface area contributed by atoms with Crippen LogP contribution in [-0.2, 0) is 7.05 Å². The van der Waals surface area contributed by atoms with Crippen molar-refractivity contribution in [3.8, 4) is 0 Å². The number of hydrogen-bond donors (Lipinski definition) is 1. The number of nitrogens with one attached hydrogen (secondary N) is 1. The zero-order valence-corrected chi connectivity index (χ0v) is 14.8. The molecule has 1 N–H and O–H groups in total. The van der Waals surface area contributed by atoms with E-state index in [0.29, 0.717) is 12.1 Å². The Morgan fingerprint density at radius 1 is 1.16 bits per heavy atom. The zero-order chi connectivity index (χ0) is 17.8. The molecule has 0 saturated carbocycles. The minimum absolute atomic E-state index is 0.103. The lowest BCUT2D eigenvalue weighted by molar-refractivity contribution is 0.0877. The number of rotatable bonds is 5. The molecule has 1 fully saturated rings. The topological polar surface area (TPSA) is 40.5 Å². The fourth-order valence-electron chi connectivity index (χ4n) is 3.30. The average molecular weight is 344 g/mol. The molecule has 0 radical (unpaired) electrons. The van der Waals surface area contributed by atoms with Gasteiger partial charge in [-0.3, -0.25) is 9.69 Å². The highest BCUT2D eigenvalue weighted by Gasteiger charge is 2.26. The summed E-state index contributed by atoms with van der Waals surface area (Å²) in [4.78, 5) is 17.1. The van der Waals surface area contributed by atoms with Crippen LogP contribution < -0.4 is 5.32 Å². The van der Waals surface area contributed by atoms with E-state index < -0.39 is 5.82 Å². The van der Waals surface area contributed by atoms with Crippen molar-refractivity contribution in [1.82, 2.24) is 19.7 Å². The van der Waals surface area contributed by atoms with Crippen molar-refractivity contribution in [2.75, 3.05) is 39.8 Å². The maximum atomic E-state index is 13.3. The lowest BCUT2D eigenvalue weighted by Crippen LogP contribution is -2.48. The lowest BCUT2D eigenvalue weighted by Gasteiger charge is -2.38. The fourth-order valence-corrected chi connectivity index (χ4v) is 3.30. The van der Waals surface area contributed by atoms with Gasteiger partial charge in [-0.2, -0.15) is 0 Å². The molecule has 0 bridgehead atoms. The molecule has 1 amide bonds. The molecule has 6 heteroatoms. The first-order valence-corrected chi connectivity index (χ1v) is 8.62. The van der Waals surface area contributed by atoms with Crippen LogP contribution in [0.4, 0.5) is 4.39 Å². The van der Waals surface area contributed by atoms with Crippen molar-refractivity contribution in [2.45, 2.75) is 6.04 Å². The van der Waals surface area contributed by atoms with Gasteiger partial charge >= 0.3 is 0 Å². The van der Waals surface area contributed by atoms with E-state index in [1.54, 1.807) is 12.1 Å². The van der Waals surface area contributed by atoms with E-state index in [1.165, 1.54) is 17.8 Å². The Balaban J connectivity index is 1.72. The summed E-state index contributed by atoms with van der Waals surface area (Å²) in [7, 11) is 4.15. The van der Waals surface area contributed by atoms with Gasteiger partial charge in [0.2, 0.25) is 0 Å². The molecule has 0 aliphatic carbocycles. The van der Waals surface area contributed by atoms with Crippen LogP contribution in [0.5, 0.6) is 0 Å². The number of likely N-dealkylation sites (N-methyl/N-ethyl adjacent to an activating group) is 1. The number of carbonyl (C=O) groups excluding carboxylic acids is 1. The van der Waals surface area contributed by atoms with Gasteiger partial charge in [-0.1, -0.05) is 6.07 Å². The summed E-state index contributed by atoms with van der Waals surface area (Å²) >= 11 is 0. The van der Waals surface area contributed by atoms with Gasteiger partial charge in [0.15, 0.2) is 0 Å². The first kappa shape index (κ1) is 17.6. The van der Waals surface area contributed by atoms with Crippen LogP contribution in [0.15, 0.2) is 42.6 Å². The number of aryl methyl sites for hydroxylation is 1. The molecule has 1 atom stereocenters. The van der Waals surface area contributed by atoms with Crippen molar-refractivity contribution in [2.24, 2.45) is 7.05 Å². The summed E-state index contributed by atoms with van der Waals surface area (Å²) in [5.74, 6) is -0.640. The number of piperazine rings is 1. The standard InChI is InChI=1S/C19H25FN4O/c1-22-9-11-24(12-10-22)18(17-7-4-8-23(17)2)14-21-19(25)15-5-3-6-16(20)13-15/h3-8,13,18H,9-12,14H2,1-2H3,(H,21,25). The smallest absolute Gasteiger partial charge is 0.251 e. The van der Waals surface area contributed by atoms with Crippen molar-refractivity contribution < 1.29 is 9.18 Å². The molecule has 1 aromatic carbocycles. The molecule has 1 aliphatic heterocycles. The molecule has 5 nitrogen and oxygen atoms in total. The van der Waals surface area contributed by atoms with Crippen LogP contribution in [0.25, 0.3) is 0 Å².